The predicted molar refractivity (Wildman–Crippen MR) is 53.2 cm³/mol. The lowest BCUT2D eigenvalue weighted by Crippen LogP contribution is -2.31. The third-order valence-electron chi connectivity index (χ3n) is 2.58. The van der Waals surface area contributed by atoms with Gasteiger partial charge in [0.2, 0.25) is 0 Å². The minimum Gasteiger partial charge on any atom is -0.330 e. The predicted octanol–water partition coefficient (Wildman–Crippen LogP) is -0.785. The Morgan fingerprint density at radius 1 is 1.62 bits per heavy atom. The molecule has 1 fully saturated rings. The molecule has 1 aliphatic rings. The molecular weight excluding hydrogens is 188 g/mol. The molecule has 2 atom stereocenters. The van der Waals surface area contributed by atoms with Crippen LogP contribution in [0.3, 0.4) is 0 Å². The summed E-state index contributed by atoms with van der Waals surface area (Å²) in [6.45, 7) is 2.38. The van der Waals surface area contributed by atoms with Crippen LogP contribution in [0.2, 0.25) is 0 Å². The summed E-state index contributed by atoms with van der Waals surface area (Å²) in [7, 11) is -2.88. The number of sulfone groups is 1. The first kappa shape index (κ1) is 10.9. The number of rotatable bonds is 4. The average Bonchev–Trinajstić information content (AvgIpc) is 2.50. The SMILES string of the molecule is CS(=O)(=O)CC(CN)C1CCNC1. The lowest BCUT2D eigenvalue weighted by atomic mass is 9.93. The number of hydrogen-bond acceptors (Lipinski definition) is 4. The fourth-order valence-electron chi connectivity index (χ4n) is 1.86. The normalized spacial score (nSPS) is 26.2. The van der Waals surface area contributed by atoms with E-state index in [0.29, 0.717) is 12.5 Å². The Morgan fingerprint density at radius 2 is 2.31 bits per heavy atom. The molecule has 1 aliphatic heterocycles. The standard InChI is InChI=1S/C8H18N2O2S/c1-13(11,12)6-8(4-9)7-2-3-10-5-7/h7-8,10H,2-6,9H2,1H3. The van der Waals surface area contributed by atoms with E-state index in [4.69, 9.17) is 5.73 Å². The fraction of sp³-hybridized carbons (Fsp3) is 1.00. The molecule has 5 heteroatoms. The Hall–Kier alpha value is -0.130. The van der Waals surface area contributed by atoms with E-state index >= 15 is 0 Å². The minimum atomic E-state index is -2.88. The summed E-state index contributed by atoms with van der Waals surface area (Å²) >= 11 is 0. The van der Waals surface area contributed by atoms with Crippen LogP contribution in [0.4, 0.5) is 0 Å². The first-order chi connectivity index (χ1) is 6.03. The molecule has 0 aromatic heterocycles. The third-order valence-corrected chi connectivity index (χ3v) is 3.62. The molecule has 1 rings (SSSR count). The van der Waals surface area contributed by atoms with E-state index in [2.05, 4.69) is 5.32 Å². The van der Waals surface area contributed by atoms with Crippen molar-refractivity contribution in [2.45, 2.75) is 6.42 Å². The van der Waals surface area contributed by atoms with Crippen LogP contribution in [-0.4, -0.2) is 40.1 Å². The van der Waals surface area contributed by atoms with Crippen LogP contribution >= 0.6 is 0 Å². The molecular formula is C8H18N2O2S. The second kappa shape index (κ2) is 4.39. The van der Waals surface area contributed by atoms with Crippen LogP contribution in [0.25, 0.3) is 0 Å². The van der Waals surface area contributed by atoms with Gasteiger partial charge in [-0.15, -0.1) is 0 Å². The lowest BCUT2D eigenvalue weighted by Gasteiger charge is -2.19. The van der Waals surface area contributed by atoms with Gasteiger partial charge in [-0.25, -0.2) is 8.42 Å². The summed E-state index contributed by atoms with van der Waals surface area (Å²) in [4.78, 5) is 0. The third kappa shape index (κ3) is 3.62. The van der Waals surface area contributed by atoms with Gasteiger partial charge in [-0.05, 0) is 37.9 Å². The van der Waals surface area contributed by atoms with Gasteiger partial charge >= 0.3 is 0 Å². The van der Waals surface area contributed by atoms with Crippen molar-refractivity contribution in [2.75, 3.05) is 31.6 Å². The van der Waals surface area contributed by atoms with E-state index in [-0.39, 0.29) is 11.7 Å². The zero-order valence-corrected chi connectivity index (χ0v) is 8.81. The van der Waals surface area contributed by atoms with Crippen molar-refractivity contribution in [3.8, 4) is 0 Å². The van der Waals surface area contributed by atoms with E-state index < -0.39 is 9.84 Å². The molecule has 1 saturated heterocycles. The molecule has 0 aliphatic carbocycles. The molecule has 0 spiro atoms. The highest BCUT2D eigenvalue weighted by Gasteiger charge is 2.26. The van der Waals surface area contributed by atoms with Crippen molar-refractivity contribution >= 4 is 9.84 Å². The molecule has 1 heterocycles. The number of nitrogens with one attached hydrogen (secondary N) is 1. The Labute approximate surface area is 79.8 Å². The number of nitrogens with two attached hydrogens (primary N) is 1. The van der Waals surface area contributed by atoms with E-state index in [1.54, 1.807) is 0 Å². The van der Waals surface area contributed by atoms with Crippen LogP contribution in [0.1, 0.15) is 6.42 Å². The quantitative estimate of drug-likeness (QED) is 0.632. The van der Waals surface area contributed by atoms with Gasteiger partial charge in [0.05, 0.1) is 5.75 Å². The van der Waals surface area contributed by atoms with Gasteiger partial charge < -0.3 is 11.1 Å². The van der Waals surface area contributed by atoms with Gasteiger partial charge in [-0.1, -0.05) is 0 Å². The first-order valence-electron chi connectivity index (χ1n) is 4.61. The molecule has 0 bridgehead atoms. The van der Waals surface area contributed by atoms with Crippen molar-refractivity contribution < 1.29 is 8.42 Å². The maximum atomic E-state index is 11.1. The summed E-state index contributed by atoms with van der Waals surface area (Å²) < 4.78 is 22.2. The van der Waals surface area contributed by atoms with Gasteiger partial charge in [0.25, 0.3) is 0 Å². The fourth-order valence-corrected chi connectivity index (χ4v) is 3.05. The van der Waals surface area contributed by atoms with Crippen LogP contribution in [0.15, 0.2) is 0 Å². The molecule has 2 unspecified atom stereocenters. The molecule has 78 valence electrons. The van der Waals surface area contributed by atoms with Crippen molar-refractivity contribution in [2.24, 2.45) is 17.6 Å². The lowest BCUT2D eigenvalue weighted by molar-refractivity contribution is 0.395. The highest BCUT2D eigenvalue weighted by atomic mass is 32.2. The van der Waals surface area contributed by atoms with Crippen molar-refractivity contribution in [3.63, 3.8) is 0 Å². The van der Waals surface area contributed by atoms with Crippen LogP contribution in [0.5, 0.6) is 0 Å². The van der Waals surface area contributed by atoms with E-state index in [0.717, 1.165) is 19.5 Å². The second-order valence-electron chi connectivity index (χ2n) is 3.84. The van der Waals surface area contributed by atoms with Gasteiger partial charge in [0, 0.05) is 6.26 Å². The molecule has 0 aromatic rings. The minimum absolute atomic E-state index is 0.130. The molecule has 3 N–H and O–H groups in total. The zero-order chi connectivity index (χ0) is 9.90. The van der Waals surface area contributed by atoms with E-state index in [1.807, 2.05) is 0 Å². The monoisotopic (exact) mass is 206 g/mol. The van der Waals surface area contributed by atoms with Gasteiger partial charge in [-0.3, -0.25) is 0 Å². The van der Waals surface area contributed by atoms with Gasteiger partial charge in [0.15, 0.2) is 0 Å². The van der Waals surface area contributed by atoms with Crippen LogP contribution in [-0.2, 0) is 9.84 Å². The molecule has 0 radical (unpaired) electrons. The van der Waals surface area contributed by atoms with Crippen molar-refractivity contribution in [1.29, 1.82) is 0 Å². The Bertz CT molecular complexity index is 245. The molecule has 0 amide bonds. The summed E-state index contributed by atoms with van der Waals surface area (Å²) in [5, 5.41) is 3.22. The average molecular weight is 206 g/mol. The van der Waals surface area contributed by atoms with Gasteiger partial charge in [-0.2, -0.15) is 0 Å². The molecule has 4 nitrogen and oxygen atoms in total. The topological polar surface area (TPSA) is 72.2 Å². The summed E-state index contributed by atoms with van der Waals surface area (Å²) in [5.74, 6) is 0.806. The summed E-state index contributed by atoms with van der Waals surface area (Å²) in [6.07, 6.45) is 2.33. The second-order valence-corrected chi connectivity index (χ2v) is 6.03. The highest BCUT2D eigenvalue weighted by molar-refractivity contribution is 7.90. The van der Waals surface area contributed by atoms with E-state index in [9.17, 15) is 8.42 Å². The van der Waals surface area contributed by atoms with Crippen molar-refractivity contribution in [1.82, 2.24) is 5.32 Å². The Kier molecular flexibility index (Phi) is 3.70. The number of hydrogen-bond donors (Lipinski definition) is 2. The Balaban J connectivity index is 2.51. The summed E-state index contributed by atoms with van der Waals surface area (Å²) in [6, 6.07) is 0. The zero-order valence-electron chi connectivity index (χ0n) is 7.99. The maximum absolute atomic E-state index is 11.1. The largest absolute Gasteiger partial charge is 0.330 e. The molecule has 0 saturated carbocycles. The van der Waals surface area contributed by atoms with Crippen molar-refractivity contribution in [3.05, 3.63) is 0 Å². The molecule has 13 heavy (non-hydrogen) atoms. The Morgan fingerprint density at radius 3 is 2.69 bits per heavy atom. The summed E-state index contributed by atoms with van der Waals surface area (Å²) in [5.41, 5.74) is 5.57. The van der Waals surface area contributed by atoms with Crippen LogP contribution in [0, 0.1) is 11.8 Å². The van der Waals surface area contributed by atoms with Crippen LogP contribution < -0.4 is 11.1 Å². The highest BCUT2D eigenvalue weighted by Crippen LogP contribution is 2.19. The van der Waals surface area contributed by atoms with Gasteiger partial charge in [0.1, 0.15) is 9.84 Å². The first-order valence-corrected chi connectivity index (χ1v) is 6.67. The maximum Gasteiger partial charge on any atom is 0.147 e. The van der Waals surface area contributed by atoms with E-state index in [1.165, 1.54) is 6.26 Å². The smallest absolute Gasteiger partial charge is 0.147 e. The molecule has 0 aromatic carbocycles.